The number of para-hydroxylation sites is 1. The second kappa shape index (κ2) is 5.12. The van der Waals surface area contributed by atoms with Gasteiger partial charge in [-0.25, -0.2) is 0 Å². The lowest BCUT2D eigenvalue weighted by Crippen LogP contribution is -2.44. The number of hydrogen-bond donors (Lipinski definition) is 1. The van der Waals surface area contributed by atoms with Crippen LogP contribution in [0.15, 0.2) is 24.3 Å². The summed E-state index contributed by atoms with van der Waals surface area (Å²) in [7, 11) is 0. The van der Waals surface area contributed by atoms with Gasteiger partial charge in [0.1, 0.15) is 11.4 Å². The van der Waals surface area contributed by atoms with Gasteiger partial charge >= 0.3 is 0 Å². The molecule has 1 atom stereocenters. The van der Waals surface area contributed by atoms with Crippen molar-refractivity contribution in [2.24, 2.45) is 5.92 Å². The summed E-state index contributed by atoms with van der Waals surface area (Å²) in [6.45, 7) is 4.33. The van der Waals surface area contributed by atoms with Gasteiger partial charge in [0, 0.05) is 17.9 Å². The van der Waals surface area contributed by atoms with Crippen LogP contribution in [-0.2, 0) is 4.79 Å². The zero-order valence-corrected chi connectivity index (χ0v) is 12.3. The molecule has 0 saturated heterocycles. The zero-order valence-electron chi connectivity index (χ0n) is 12.3. The Kier molecular flexibility index (Phi) is 3.45. The fourth-order valence-corrected chi connectivity index (χ4v) is 3.07. The molecule has 1 N–H and O–H groups in total. The first-order valence-electron chi connectivity index (χ1n) is 7.76. The lowest BCUT2D eigenvalue weighted by atomic mass is 9.83. The molecule has 1 saturated carbocycles. The molecule has 1 amide bonds. The number of carbonyl (C=O) groups excluding carboxylic acids is 1. The van der Waals surface area contributed by atoms with Gasteiger partial charge in [-0.1, -0.05) is 32.0 Å². The van der Waals surface area contributed by atoms with E-state index in [1.54, 1.807) is 0 Å². The molecule has 0 unspecified atom stereocenters. The predicted molar refractivity (Wildman–Crippen MR) is 78.6 cm³/mol. The van der Waals surface area contributed by atoms with E-state index < -0.39 is 0 Å². The Labute approximate surface area is 120 Å². The molecule has 1 aromatic rings. The van der Waals surface area contributed by atoms with Gasteiger partial charge in [0.05, 0.1) is 6.04 Å². The monoisotopic (exact) mass is 273 g/mol. The number of fused-ring (bicyclic) bond motifs is 1. The maximum atomic E-state index is 12.1. The van der Waals surface area contributed by atoms with Gasteiger partial charge in [-0.3, -0.25) is 4.79 Å². The van der Waals surface area contributed by atoms with Gasteiger partial charge in [-0.15, -0.1) is 0 Å². The first-order valence-corrected chi connectivity index (χ1v) is 7.76. The Hall–Kier alpha value is -1.51. The number of nitrogens with one attached hydrogen (secondary N) is 1. The first kappa shape index (κ1) is 13.5. The molecule has 108 valence electrons. The summed E-state index contributed by atoms with van der Waals surface area (Å²) in [5.74, 6) is 1.40. The average Bonchev–Trinajstić information content (AvgIpc) is 3.31. The van der Waals surface area contributed by atoms with Crippen molar-refractivity contribution >= 4 is 5.91 Å². The van der Waals surface area contributed by atoms with E-state index in [0.717, 1.165) is 43.4 Å². The minimum absolute atomic E-state index is 0.0907. The van der Waals surface area contributed by atoms with Gasteiger partial charge in [-0.05, 0) is 31.7 Å². The van der Waals surface area contributed by atoms with Crippen LogP contribution >= 0.6 is 0 Å². The molecular weight excluding hydrogens is 250 g/mol. The fourth-order valence-electron chi connectivity index (χ4n) is 3.07. The summed E-state index contributed by atoms with van der Waals surface area (Å²) in [5, 5.41) is 3.24. The van der Waals surface area contributed by atoms with E-state index in [1.807, 2.05) is 18.2 Å². The highest BCUT2D eigenvalue weighted by molar-refractivity contribution is 5.81. The maximum Gasteiger partial charge on any atom is 0.223 e. The SMILES string of the molecule is CCC1(CC)C[C@@H](NC(=O)C2CC2)c2ccccc2O1. The summed E-state index contributed by atoms with van der Waals surface area (Å²) in [6, 6.07) is 8.20. The van der Waals surface area contributed by atoms with Crippen LogP contribution < -0.4 is 10.1 Å². The number of hydrogen-bond acceptors (Lipinski definition) is 2. The summed E-state index contributed by atoms with van der Waals surface area (Å²) in [4.78, 5) is 12.1. The Morgan fingerprint density at radius 3 is 2.65 bits per heavy atom. The molecule has 20 heavy (non-hydrogen) atoms. The van der Waals surface area contributed by atoms with Crippen molar-refractivity contribution in [3.63, 3.8) is 0 Å². The van der Waals surface area contributed by atoms with Gasteiger partial charge in [0.15, 0.2) is 0 Å². The largest absolute Gasteiger partial charge is 0.487 e. The second-order valence-electron chi connectivity index (χ2n) is 6.07. The predicted octanol–water partition coefficient (Wildman–Crippen LogP) is 3.60. The zero-order chi connectivity index (χ0) is 14.2. The molecule has 3 rings (SSSR count). The lowest BCUT2D eigenvalue weighted by Gasteiger charge is -2.41. The normalized spacial score (nSPS) is 23.6. The number of benzene rings is 1. The molecular formula is C17H23NO2. The van der Waals surface area contributed by atoms with E-state index in [4.69, 9.17) is 4.74 Å². The summed E-state index contributed by atoms with van der Waals surface area (Å²) in [6.07, 6.45) is 4.89. The van der Waals surface area contributed by atoms with Crippen LogP contribution in [-0.4, -0.2) is 11.5 Å². The van der Waals surface area contributed by atoms with Gasteiger partial charge in [0.2, 0.25) is 5.91 Å². The van der Waals surface area contributed by atoms with E-state index in [9.17, 15) is 4.79 Å². The lowest BCUT2D eigenvalue weighted by molar-refractivity contribution is -0.123. The van der Waals surface area contributed by atoms with Crippen LogP contribution in [0.25, 0.3) is 0 Å². The van der Waals surface area contributed by atoms with Gasteiger partial charge in [-0.2, -0.15) is 0 Å². The van der Waals surface area contributed by atoms with Crippen molar-refractivity contribution in [3.05, 3.63) is 29.8 Å². The van der Waals surface area contributed by atoms with Crippen molar-refractivity contribution in [2.45, 2.75) is 57.6 Å². The Morgan fingerprint density at radius 1 is 1.30 bits per heavy atom. The van der Waals surface area contributed by atoms with E-state index in [0.29, 0.717) is 0 Å². The Morgan fingerprint density at radius 2 is 2.00 bits per heavy atom. The van der Waals surface area contributed by atoms with Crippen molar-refractivity contribution in [1.29, 1.82) is 0 Å². The molecule has 1 aromatic carbocycles. The van der Waals surface area contributed by atoms with Crippen molar-refractivity contribution in [1.82, 2.24) is 5.32 Å². The molecule has 0 radical (unpaired) electrons. The van der Waals surface area contributed by atoms with Crippen LogP contribution in [0.4, 0.5) is 0 Å². The molecule has 2 aliphatic rings. The smallest absolute Gasteiger partial charge is 0.223 e. The fraction of sp³-hybridized carbons (Fsp3) is 0.588. The topological polar surface area (TPSA) is 38.3 Å². The standard InChI is InChI=1S/C17H23NO2/c1-3-17(4-2)11-14(18-16(19)12-9-10-12)13-7-5-6-8-15(13)20-17/h5-8,12,14H,3-4,9-11H2,1-2H3,(H,18,19)/t14-/m1/s1. The highest BCUT2D eigenvalue weighted by Crippen LogP contribution is 2.43. The minimum atomic E-state index is -0.143. The third-order valence-electron chi connectivity index (χ3n) is 4.75. The maximum absolute atomic E-state index is 12.1. The van der Waals surface area contributed by atoms with Crippen molar-refractivity contribution in [3.8, 4) is 5.75 Å². The quantitative estimate of drug-likeness (QED) is 0.910. The summed E-state index contributed by atoms with van der Waals surface area (Å²) in [5.41, 5.74) is 0.981. The molecule has 0 aromatic heterocycles. The van der Waals surface area contributed by atoms with Crippen LogP contribution in [0, 0.1) is 5.92 Å². The summed E-state index contributed by atoms with van der Waals surface area (Å²) < 4.78 is 6.25. The third-order valence-corrected chi connectivity index (χ3v) is 4.75. The van der Waals surface area contributed by atoms with Gasteiger partial charge < -0.3 is 10.1 Å². The number of carbonyl (C=O) groups is 1. The minimum Gasteiger partial charge on any atom is -0.487 e. The van der Waals surface area contributed by atoms with Crippen molar-refractivity contribution in [2.75, 3.05) is 0 Å². The highest BCUT2D eigenvalue weighted by Gasteiger charge is 2.40. The molecule has 1 aliphatic carbocycles. The molecule has 0 bridgehead atoms. The molecule has 1 fully saturated rings. The second-order valence-corrected chi connectivity index (χ2v) is 6.07. The van der Waals surface area contributed by atoms with Crippen LogP contribution in [0.1, 0.15) is 57.6 Å². The number of amides is 1. The van der Waals surface area contributed by atoms with Crippen LogP contribution in [0.5, 0.6) is 5.75 Å². The first-order chi connectivity index (χ1) is 9.67. The number of ether oxygens (including phenoxy) is 1. The molecule has 3 heteroatoms. The molecule has 3 nitrogen and oxygen atoms in total. The van der Waals surface area contributed by atoms with E-state index >= 15 is 0 Å². The Balaban J connectivity index is 1.88. The summed E-state index contributed by atoms with van der Waals surface area (Å²) >= 11 is 0. The molecule has 0 spiro atoms. The van der Waals surface area contributed by atoms with E-state index in [2.05, 4.69) is 25.2 Å². The highest BCUT2D eigenvalue weighted by atomic mass is 16.5. The molecule has 1 aliphatic heterocycles. The van der Waals surface area contributed by atoms with Crippen molar-refractivity contribution < 1.29 is 9.53 Å². The average molecular weight is 273 g/mol. The van der Waals surface area contributed by atoms with E-state index in [1.165, 1.54) is 0 Å². The third kappa shape index (κ3) is 2.41. The van der Waals surface area contributed by atoms with E-state index in [-0.39, 0.29) is 23.5 Å². The van der Waals surface area contributed by atoms with Crippen LogP contribution in [0.2, 0.25) is 0 Å². The van der Waals surface area contributed by atoms with Gasteiger partial charge in [0.25, 0.3) is 0 Å². The Bertz CT molecular complexity index is 503. The molecule has 1 heterocycles. The van der Waals surface area contributed by atoms with Crippen LogP contribution in [0.3, 0.4) is 0 Å². The number of rotatable bonds is 4.